The Labute approximate surface area is 88.8 Å². The second-order valence-electron chi connectivity index (χ2n) is 3.74. The van der Waals surface area contributed by atoms with Crippen LogP contribution in [-0.4, -0.2) is 29.2 Å². The van der Waals surface area contributed by atoms with E-state index in [1.165, 1.54) is 32.1 Å². The van der Waals surface area contributed by atoms with Crippen molar-refractivity contribution in [3.63, 3.8) is 0 Å². The van der Waals surface area contributed by atoms with E-state index in [0.717, 1.165) is 5.33 Å². The number of hydrogen-bond acceptors (Lipinski definition) is 1. The summed E-state index contributed by atoms with van der Waals surface area (Å²) in [5, 5.41) is 0.781. The first-order valence-electron chi connectivity index (χ1n) is 5.07. The first kappa shape index (κ1) is 11.0. The van der Waals surface area contributed by atoms with Crippen LogP contribution in [0.2, 0.25) is 0 Å². The van der Waals surface area contributed by atoms with Gasteiger partial charge in [-0.15, -0.1) is 0 Å². The summed E-state index contributed by atoms with van der Waals surface area (Å²) in [6, 6.07) is 0.514. The minimum atomic E-state index is 0.281. The zero-order chi connectivity index (χ0) is 9.68. The molecule has 2 nitrogen and oxygen atoms in total. The molecular weight excluding hydrogens is 230 g/mol. The number of halogens is 1. The largest absolute Gasteiger partial charge is 0.343 e. The monoisotopic (exact) mass is 247 g/mol. The number of carbonyl (C=O) groups excluding carboxylic acids is 1. The Morgan fingerprint density at radius 1 is 1.38 bits per heavy atom. The van der Waals surface area contributed by atoms with Crippen LogP contribution >= 0.6 is 15.9 Å². The van der Waals surface area contributed by atoms with Crippen molar-refractivity contribution < 1.29 is 4.79 Å². The third-order valence-corrected chi connectivity index (χ3v) is 3.22. The zero-order valence-corrected chi connectivity index (χ0v) is 9.85. The first-order chi connectivity index (χ1) is 6.25. The van der Waals surface area contributed by atoms with Gasteiger partial charge in [-0.05, 0) is 12.8 Å². The minimum Gasteiger partial charge on any atom is -0.343 e. The van der Waals surface area contributed by atoms with Gasteiger partial charge in [-0.3, -0.25) is 4.79 Å². The molecule has 1 aliphatic carbocycles. The lowest BCUT2D eigenvalue weighted by molar-refractivity contribution is -0.132. The fraction of sp³-hybridized carbons (Fsp3) is 0.900. The van der Waals surface area contributed by atoms with E-state index in [9.17, 15) is 4.79 Å². The Balaban J connectivity index is 2.35. The molecular formula is C10H18BrNO. The summed E-state index contributed by atoms with van der Waals surface area (Å²) >= 11 is 3.29. The molecule has 1 rings (SSSR count). The maximum atomic E-state index is 11.5. The molecule has 0 aromatic rings. The highest BCUT2D eigenvalue weighted by Crippen LogP contribution is 2.21. The van der Waals surface area contributed by atoms with Crippen LogP contribution in [0.3, 0.4) is 0 Å². The van der Waals surface area contributed by atoms with Crippen LogP contribution in [0.15, 0.2) is 0 Å². The molecule has 13 heavy (non-hydrogen) atoms. The number of hydrogen-bond donors (Lipinski definition) is 0. The van der Waals surface area contributed by atoms with Crippen molar-refractivity contribution in [3.05, 3.63) is 0 Å². The molecule has 0 bridgehead atoms. The van der Waals surface area contributed by atoms with Crippen LogP contribution in [-0.2, 0) is 4.79 Å². The number of carbonyl (C=O) groups is 1. The van der Waals surface area contributed by atoms with Gasteiger partial charge < -0.3 is 4.90 Å². The Morgan fingerprint density at radius 3 is 2.54 bits per heavy atom. The summed E-state index contributed by atoms with van der Waals surface area (Å²) in [5.41, 5.74) is 0. The Bertz CT molecular complexity index is 166. The van der Waals surface area contributed by atoms with E-state index in [1.54, 1.807) is 0 Å². The van der Waals surface area contributed by atoms with Crippen molar-refractivity contribution in [1.29, 1.82) is 0 Å². The van der Waals surface area contributed by atoms with Crippen LogP contribution in [0.4, 0.5) is 0 Å². The van der Waals surface area contributed by atoms with Crippen molar-refractivity contribution in [1.82, 2.24) is 4.90 Å². The smallest absolute Gasteiger partial charge is 0.223 e. The molecule has 0 heterocycles. The fourth-order valence-corrected chi connectivity index (χ4v) is 2.27. The molecule has 0 atom stereocenters. The molecule has 1 fully saturated rings. The molecule has 0 unspecified atom stereocenters. The third-order valence-electron chi connectivity index (χ3n) is 2.82. The lowest BCUT2D eigenvalue weighted by Crippen LogP contribution is -2.38. The van der Waals surface area contributed by atoms with Crippen molar-refractivity contribution >= 4 is 21.8 Å². The normalized spacial score (nSPS) is 18.6. The maximum absolute atomic E-state index is 11.5. The summed E-state index contributed by atoms with van der Waals surface area (Å²) in [5.74, 6) is 0.281. The van der Waals surface area contributed by atoms with Crippen LogP contribution < -0.4 is 0 Å². The molecule has 0 N–H and O–H groups in total. The molecule has 0 spiro atoms. The van der Waals surface area contributed by atoms with Crippen LogP contribution in [0, 0.1) is 0 Å². The molecule has 0 saturated heterocycles. The van der Waals surface area contributed by atoms with Gasteiger partial charge in [-0.25, -0.2) is 0 Å². The highest BCUT2D eigenvalue weighted by molar-refractivity contribution is 9.09. The van der Waals surface area contributed by atoms with Gasteiger partial charge in [0.15, 0.2) is 0 Å². The number of nitrogens with zero attached hydrogens (tertiary/aromatic N) is 1. The van der Waals surface area contributed by atoms with Gasteiger partial charge in [0.25, 0.3) is 0 Å². The minimum absolute atomic E-state index is 0.281. The van der Waals surface area contributed by atoms with Crippen molar-refractivity contribution in [2.45, 2.75) is 44.6 Å². The molecule has 1 saturated carbocycles. The summed E-state index contributed by atoms with van der Waals surface area (Å²) < 4.78 is 0. The topological polar surface area (TPSA) is 20.3 Å². The quantitative estimate of drug-likeness (QED) is 0.703. The van der Waals surface area contributed by atoms with Crippen molar-refractivity contribution in [2.75, 3.05) is 12.4 Å². The van der Waals surface area contributed by atoms with E-state index in [4.69, 9.17) is 0 Å². The van der Waals surface area contributed by atoms with E-state index in [0.29, 0.717) is 12.5 Å². The van der Waals surface area contributed by atoms with E-state index in [-0.39, 0.29) is 5.91 Å². The summed E-state index contributed by atoms with van der Waals surface area (Å²) in [7, 11) is 1.95. The van der Waals surface area contributed by atoms with Gasteiger partial charge in [0.2, 0.25) is 5.91 Å². The Morgan fingerprint density at radius 2 is 2.00 bits per heavy atom. The molecule has 0 radical (unpaired) electrons. The molecule has 1 amide bonds. The predicted octanol–water partition coefficient (Wildman–Crippen LogP) is 2.56. The van der Waals surface area contributed by atoms with E-state index in [1.807, 2.05) is 11.9 Å². The SMILES string of the molecule is CN(C(=O)CCBr)C1CCCCC1. The van der Waals surface area contributed by atoms with E-state index < -0.39 is 0 Å². The maximum Gasteiger partial charge on any atom is 0.223 e. The van der Waals surface area contributed by atoms with Crippen molar-refractivity contribution in [3.8, 4) is 0 Å². The van der Waals surface area contributed by atoms with Gasteiger partial charge in [0.05, 0.1) is 0 Å². The molecule has 0 aliphatic heterocycles. The van der Waals surface area contributed by atoms with Crippen LogP contribution in [0.1, 0.15) is 38.5 Å². The summed E-state index contributed by atoms with van der Waals surface area (Å²) in [6.45, 7) is 0. The van der Waals surface area contributed by atoms with E-state index in [2.05, 4.69) is 15.9 Å². The summed E-state index contributed by atoms with van der Waals surface area (Å²) in [4.78, 5) is 13.5. The Hall–Kier alpha value is -0.0500. The van der Waals surface area contributed by atoms with Gasteiger partial charge in [0.1, 0.15) is 0 Å². The van der Waals surface area contributed by atoms with Gasteiger partial charge >= 0.3 is 0 Å². The number of alkyl halides is 1. The van der Waals surface area contributed by atoms with Gasteiger partial charge in [-0.1, -0.05) is 35.2 Å². The highest BCUT2D eigenvalue weighted by atomic mass is 79.9. The lowest BCUT2D eigenvalue weighted by Gasteiger charge is -2.31. The second kappa shape index (κ2) is 5.63. The molecule has 0 aromatic heterocycles. The first-order valence-corrected chi connectivity index (χ1v) is 6.19. The highest BCUT2D eigenvalue weighted by Gasteiger charge is 2.20. The summed E-state index contributed by atoms with van der Waals surface area (Å²) in [6.07, 6.45) is 6.95. The van der Waals surface area contributed by atoms with Gasteiger partial charge in [-0.2, -0.15) is 0 Å². The third kappa shape index (κ3) is 3.29. The fourth-order valence-electron chi connectivity index (χ4n) is 1.93. The average Bonchev–Trinajstić information content (AvgIpc) is 2.18. The average molecular weight is 248 g/mol. The molecule has 0 aromatic carbocycles. The molecule has 76 valence electrons. The lowest BCUT2D eigenvalue weighted by atomic mass is 9.94. The van der Waals surface area contributed by atoms with Crippen molar-refractivity contribution in [2.24, 2.45) is 0 Å². The van der Waals surface area contributed by atoms with Crippen LogP contribution in [0.5, 0.6) is 0 Å². The van der Waals surface area contributed by atoms with E-state index >= 15 is 0 Å². The zero-order valence-electron chi connectivity index (χ0n) is 8.26. The molecule has 3 heteroatoms. The number of rotatable bonds is 3. The standard InChI is InChI=1S/C10H18BrNO/c1-12(10(13)7-8-11)9-5-3-2-4-6-9/h9H,2-8H2,1H3. The second-order valence-corrected chi connectivity index (χ2v) is 4.53. The number of amides is 1. The Kier molecular flexibility index (Phi) is 4.78. The van der Waals surface area contributed by atoms with Gasteiger partial charge in [0, 0.05) is 24.8 Å². The predicted molar refractivity (Wildman–Crippen MR) is 58.1 cm³/mol. The molecule has 1 aliphatic rings. The van der Waals surface area contributed by atoms with Crippen LogP contribution in [0.25, 0.3) is 0 Å².